The van der Waals surface area contributed by atoms with Gasteiger partial charge in [-0.1, -0.05) is 45.2 Å². The number of hydrogen-bond acceptors (Lipinski definition) is 3. The minimum atomic E-state index is 0.0359. The van der Waals surface area contributed by atoms with E-state index in [4.69, 9.17) is 9.84 Å². The van der Waals surface area contributed by atoms with Crippen molar-refractivity contribution in [3.8, 4) is 5.75 Å². The molecular weight excluding hydrogens is 274 g/mol. The second-order valence-corrected chi connectivity index (χ2v) is 5.69. The molecule has 0 atom stereocenters. The van der Waals surface area contributed by atoms with E-state index in [0.29, 0.717) is 0 Å². The molecule has 0 amide bonds. The van der Waals surface area contributed by atoms with Crippen molar-refractivity contribution in [3.05, 3.63) is 29.8 Å². The minimum absolute atomic E-state index is 0.0359. The number of benzene rings is 1. The molecule has 1 aromatic rings. The molecule has 0 saturated heterocycles. The molecule has 0 radical (unpaired) electrons. The normalized spacial score (nSPS) is 14.5. The van der Waals surface area contributed by atoms with Gasteiger partial charge in [0.25, 0.3) is 0 Å². The first kappa shape index (κ1) is 20.9. The third-order valence-electron chi connectivity index (χ3n) is 3.58. The van der Waals surface area contributed by atoms with E-state index in [1.54, 1.807) is 7.11 Å². The van der Waals surface area contributed by atoms with E-state index in [-0.39, 0.29) is 6.10 Å². The van der Waals surface area contributed by atoms with E-state index >= 15 is 0 Å². The second-order valence-electron chi connectivity index (χ2n) is 5.69. The summed E-state index contributed by atoms with van der Waals surface area (Å²) in [6.07, 6.45) is 7.02. The molecule has 0 aliphatic heterocycles. The summed E-state index contributed by atoms with van der Waals surface area (Å²) < 4.78 is 5.08. The van der Waals surface area contributed by atoms with Crippen molar-refractivity contribution >= 4 is 0 Å². The monoisotopic (exact) mass is 309 g/mol. The number of aliphatic hydroxyl groups is 1. The smallest absolute Gasteiger partial charge is 0.118 e. The quantitative estimate of drug-likeness (QED) is 0.907. The summed E-state index contributed by atoms with van der Waals surface area (Å²) in [4.78, 5) is 2.18. The van der Waals surface area contributed by atoms with Gasteiger partial charge in [-0.05, 0) is 51.1 Å². The molecule has 0 unspecified atom stereocenters. The van der Waals surface area contributed by atoms with E-state index in [1.165, 1.54) is 24.8 Å². The Kier molecular flexibility index (Phi) is 12.9. The van der Waals surface area contributed by atoms with Gasteiger partial charge < -0.3 is 14.7 Å². The molecule has 1 saturated carbocycles. The van der Waals surface area contributed by atoms with Crippen LogP contribution in [0.2, 0.25) is 0 Å². The summed E-state index contributed by atoms with van der Waals surface area (Å²) in [5.41, 5.74) is 1.36. The van der Waals surface area contributed by atoms with Crippen molar-refractivity contribution < 1.29 is 9.84 Å². The van der Waals surface area contributed by atoms with Crippen LogP contribution in [0.15, 0.2) is 24.3 Å². The van der Waals surface area contributed by atoms with Crippen LogP contribution in [0.1, 0.15) is 51.5 Å². The van der Waals surface area contributed by atoms with Crippen LogP contribution in [-0.2, 0) is 6.42 Å². The second kappa shape index (κ2) is 13.6. The number of methoxy groups -OCH3 is 1. The van der Waals surface area contributed by atoms with E-state index in [1.807, 2.05) is 26.0 Å². The van der Waals surface area contributed by atoms with E-state index in [2.05, 4.69) is 31.1 Å². The maximum Gasteiger partial charge on any atom is 0.118 e. The van der Waals surface area contributed by atoms with Gasteiger partial charge in [0, 0.05) is 6.54 Å². The molecule has 1 aliphatic rings. The number of hydrogen-bond donors (Lipinski definition) is 1. The van der Waals surface area contributed by atoms with E-state index in [9.17, 15) is 0 Å². The predicted molar refractivity (Wildman–Crippen MR) is 95.7 cm³/mol. The fraction of sp³-hybridized carbons (Fsp3) is 0.684. The molecule has 0 bridgehead atoms. The van der Waals surface area contributed by atoms with E-state index < -0.39 is 0 Å². The first-order chi connectivity index (χ1) is 10.6. The topological polar surface area (TPSA) is 32.7 Å². The van der Waals surface area contributed by atoms with E-state index in [0.717, 1.165) is 31.6 Å². The number of likely N-dealkylation sites (N-methyl/N-ethyl adjacent to an activating group) is 1. The molecule has 0 heterocycles. The Labute approximate surface area is 137 Å². The first-order valence-corrected chi connectivity index (χ1v) is 8.57. The van der Waals surface area contributed by atoms with Crippen molar-refractivity contribution in [3.63, 3.8) is 0 Å². The van der Waals surface area contributed by atoms with Crippen molar-refractivity contribution in [1.29, 1.82) is 0 Å². The van der Waals surface area contributed by atoms with Crippen LogP contribution in [0, 0.1) is 0 Å². The Hall–Kier alpha value is -1.06. The lowest BCUT2D eigenvalue weighted by atomic mass is 9.98. The van der Waals surface area contributed by atoms with Gasteiger partial charge in [-0.15, -0.1) is 0 Å². The van der Waals surface area contributed by atoms with Gasteiger partial charge >= 0.3 is 0 Å². The lowest BCUT2D eigenvalue weighted by Crippen LogP contribution is -2.14. The fourth-order valence-electron chi connectivity index (χ4n) is 2.23. The van der Waals surface area contributed by atoms with Crippen molar-refractivity contribution in [2.45, 2.75) is 58.5 Å². The molecular formula is C19H35NO2. The molecule has 3 heteroatoms. The van der Waals surface area contributed by atoms with Crippen LogP contribution in [0.5, 0.6) is 5.75 Å². The summed E-state index contributed by atoms with van der Waals surface area (Å²) in [6.45, 7) is 5.09. The van der Waals surface area contributed by atoms with Gasteiger partial charge in [0.1, 0.15) is 5.75 Å². The highest BCUT2D eigenvalue weighted by Gasteiger charge is 2.07. The van der Waals surface area contributed by atoms with Crippen molar-refractivity contribution in [1.82, 2.24) is 4.90 Å². The summed E-state index contributed by atoms with van der Waals surface area (Å²) in [6, 6.07) is 8.24. The molecule has 0 aromatic heterocycles. The lowest BCUT2D eigenvalue weighted by Gasteiger charge is -2.14. The molecule has 22 heavy (non-hydrogen) atoms. The Morgan fingerprint density at radius 1 is 1.05 bits per heavy atom. The Morgan fingerprint density at radius 3 is 1.95 bits per heavy atom. The molecule has 1 fully saturated rings. The average Bonchev–Trinajstić information content (AvgIpc) is 2.56. The Balaban J connectivity index is 0.000000412. The number of aliphatic hydroxyl groups excluding tert-OH is 1. The average molecular weight is 309 g/mol. The molecule has 1 N–H and O–H groups in total. The Morgan fingerprint density at radius 2 is 1.59 bits per heavy atom. The molecule has 0 spiro atoms. The summed E-state index contributed by atoms with van der Waals surface area (Å²) in [7, 11) is 5.86. The number of ether oxygens (including phenoxy) is 1. The third-order valence-corrected chi connectivity index (χ3v) is 3.58. The van der Waals surface area contributed by atoms with Crippen LogP contribution < -0.4 is 4.74 Å². The zero-order valence-corrected chi connectivity index (χ0v) is 15.1. The third kappa shape index (κ3) is 10.6. The predicted octanol–water partition coefficient (Wildman–Crippen LogP) is 4.14. The van der Waals surface area contributed by atoms with Crippen LogP contribution in [0.25, 0.3) is 0 Å². The molecule has 3 nitrogen and oxygen atoms in total. The van der Waals surface area contributed by atoms with Gasteiger partial charge in [-0.2, -0.15) is 0 Å². The molecule has 1 aromatic carbocycles. The molecule has 2 rings (SSSR count). The van der Waals surface area contributed by atoms with Crippen LogP contribution >= 0.6 is 0 Å². The SMILES string of the molecule is CC.COc1ccc(CCN(C)C)cc1.OC1CCCCC1. The fourth-order valence-corrected chi connectivity index (χ4v) is 2.23. The maximum atomic E-state index is 8.91. The standard InChI is InChI=1S/C11H17NO.C6H12O.C2H6/c1-12(2)9-8-10-4-6-11(13-3)7-5-10;7-6-4-2-1-3-5-6;1-2/h4-7H,8-9H2,1-3H3;6-7H,1-5H2;1-2H3. The summed E-state index contributed by atoms with van der Waals surface area (Å²) >= 11 is 0. The zero-order chi connectivity index (χ0) is 16.8. The van der Waals surface area contributed by atoms with Crippen LogP contribution in [-0.4, -0.2) is 43.9 Å². The highest BCUT2D eigenvalue weighted by molar-refractivity contribution is 5.27. The number of rotatable bonds is 4. The molecule has 1 aliphatic carbocycles. The lowest BCUT2D eigenvalue weighted by molar-refractivity contribution is 0.130. The van der Waals surface area contributed by atoms with Crippen molar-refractivity contribution in [2.24, 2.45) is 0 Å². The summed E-state index contributed by atoms with van der Waals surface area (Å²) in [5, 5.41) is 8.91. The maximum absolute atomic E-state index is 8.91. The van der Waals surface area contributed by atoms with Gasteiger partial charge in [0.2, 0.25) is 0 Å². The first-order valence-electron chi connectivity index (χ1n) is 8.57. The minimum Gasteiger partial charge on any atom is -0.497 e. The van der Waals surface area contributed by atoms with Crippen molar-refractivity contribution in [2.75, 3.05) is 27.7 Å². The van der Waals surface area contributed by atoms with Gasteiger partial charge in [-0.25, -0.2) is 0 Å². The highest BCUT2D eigenvalue weighted by Crippen LogP contribution is 2.16. The summed E-state index contributed by atoms with van der Waals surface area (Å²) in [5.74, 6) is 0.925. The Bertz CT molecular complexity index is 343. The number of nitrogens with zero attached hydrogens (tertiary/aromatic N) is 1. The largest absolute Gasteiger partial charge is 0.497 e. The zero-order valence-electron chi connectivity index (χ0n) is 15.1. The van der Waals surface area contributed by atoms with Gasteiger partial charge in [0.05, 0.1) is 13.2 Å². The van der Waals surface area contributed by atoms with Gasteiger partial charge in [0.15, 0.2) is 0 Å². The van der Waals surface area contributed by atoms with Crippen LogP contribution in [0.3, 0.4) is 0 Å². The van der Waals surface area contributed by atoms with Crippen LogP contribution in [0.4, 0.5) is 0 Å². The van der Waals surface area contributed by atoms with Gasteiger partial charge in [-0.3, -0.25) is 0 Å². The highest BCUT2D eigenvalue weighted by atomic mass is 16.5. The molecule has 128 valence electrons.